The Labute approximate surface area is 281 Å². The molecule has 9 aliphatic rings. The molecule has 234 valence electrons. The minimum atomic E-state index is -0.130. The number of ether oxygens (including phenoxy) is 2. The van der Waals surface area contributed by atoms with E-state index in [0.717, 1.165) is 60.7 Å². The molecule has 0 bridgehead atoms. The fourth-order valence-electron chi connectivity index (χ4n) is 9.55. The number of amidine groups is 1. The third-order valence-electron chi connectivity index (χ3n) is 11.9. The van der Waals surface area contributed by atoms with Crippen LogP contribution in [0, 0.1) is 23.7 Å². The zero-order valence-corrected chi connectivity index (χ0v) is 26.8. The monoisotopic (exact) mass is 624 g/mol. The number of aliphatic imine (C=N–C) groups is 2. The number of para-hydroxylation sites is 1. The van der Waals surface area contributed by atoms with Gasteiger partial charge in [-0.1, -0.05) is 97.2 Å². The van der Waals surface area contributed by atoms with Gasteiger partial charge in [-0.3, -0.25) is 4.99 Å². The van der Waals surface area contributed by atoms with E-state index in [1.807, 2.05) is 6.07 Å². The molecule has 6 aliphatic carbocycles. The number of rotatable bonds is 3. The Kier molecular flexibility index (Phi) is 5.78. The largest absolute Gasteiger partial charge is 0.485 e. The average Bonchev–Trinajstić information content (AvgIpc) is 3.82. The summed E-state index contributed by atoms with van der Waals surface area (Å²) in [7, 11) is 0. The van der Waals surface area contributed by atoms with Crippen molar-refractivity contribution in [1.82, 2.24) is 0 Å². The molecule has 4 heteroatoms. The molecule has 4 nitrogen and oxygen atoms in total. The molecule has 7 atom stereocenters. The molecule has 7 unspecified atom stereocenters. The van der Waals surface area contributed by atoms with Gasteiger partial charge in [0.25, 0.3) is 0 Å². The summed E-state index contributed by atoms with van der Waals surface area (Å²) in [6, 6.07) is 15.2. The first kappa shape index (κ1) is 27.0. The van der Waals surface area contributed by atoms with Gasteiger partial charge in [0.05, 0.1) is 5.71 Å². The smallest absolute Gasteiger partial charge is 0.164 e. The molecule has 48 heavy (non-hydrogen) atoms. The Bertz CT molecular complexity index is 2160. The SMILES string of the molecule is C1=CCC(C2N=C(C3C=CC(C4C=CC5=C(C4)C4=CC6C7=C(C=CCC7)OC6c6cccc5c64)=CC3)N=C3c4ccccc4OC32)C=C1. The van der Waals surface area contributed by atoms with Crippen molar-refractivity contribution < 1.29 is 9.47 Å². The lowest BCUT2D eigenvalue weighted by molar-refractivity contribution is 0.132. The summed E-state index contributed by atoms with van der Waals surface area (Å²) in [6.07, 6.45) is 32.9. The molecule has 2 aromatic rings. The lowest BCUT2D eigenvalue weighted by atomic mass is 9.76. The van der Waals surface area contributed by atoms with Crippen LogP contribution in [-0.4, -0.2) is 23.7 Å². The van der Waals surface area contributed by atoms with Crippen molar-refractivity contribution in [3.63, 3.8) is 0 Å². The highest BCUT2D eigenvalue weighted by molar-refractivity contribution is 6.15. The Morgan fingerprint density at radius 3 is 2.65 bits per heavy atom. The second-order valence-corrected chi connectivity index (χ2v) is 14.4. The molecule has 0 saturated carbocycles. The van der Waals surface area contributed by atoms with Crippen LogP contribution in [0.3, 0.4) is 0 Å². The predicted molar refractivity (Wildman–Crippen MR) is 192 cm³/mol. The Hall–Kier alpha value is -4.96. The summed E-state index contributed by atoms with van der Waals surface area (Å²) >= 11 is 0. The lowest BCUT2D eigenvalue weighted by Gasteiger charge is -2.32. The highest BCUT2D eigenvalue weighted by Crippen LogP contribution is 2.58. The molecule has 0 amide bonds. The first-order chi connectivity index (χ1) is 23.8. The van der Waals surface area contributed by atoms with Crippen molar-refractivity contribution in [2.75, 3.05) is 0 Å². The van der Waals surface area contributed by atoms with E-state index in [2.05, 4.69) is 109 Å². The number of hydrogen-bond acceptors (Lipinski definition) is 4. The summed E-state index contributed by atoms with van der Waals surface area (Å²) in [5.41, 5.74) is 13.6. The fraction of sp³-hybridized carbons (Fsp3) is 0.273. The van der Waals surface area contributed by atoms with Crippen LogP contribution >= 0.6 is 0 Å². The first-order valence-electron chi connectivity index (χ1n) is 17.8. The van der Waals surface area contributed by atoms with E-state index in [-0.39, 0.29) is 24.2 Å². The van der Waals surface area contributed by atoms with E-state index in [4.69, 9.17) is 19.5 Å². The van der Waals surface area contributed by atoms with Crippen molar-refractivity contribution in [3.8, 4) is 5.75 Å². The molecule has 2 aromatic carbocycles. The van der Waals surface area contributed by atoms with Crippen molar-refractivity contribution in [2.45, 2.75) is 50.4 Å². The van der Waals surface area contributed by atoms with Gasteiger partial charge in [0.2, 0.25) is 0 Å². The number of nitrogens with zero attached hydrogens (tertiary/aromatic N) is 2. The van der Waals surface area contributed by atoms with Gasteiger partial charge in [0.15, 0.2) is 6.10 Å². The molecule has 0 radical (unpaired) electrons. The third-order valence-corrected chi connectivity index (χ3v) is 11.9. The van der Waals surface area contributed by atoms with Gasteiger partial charge < -0.3 is 9.47 Å². The van der Waals surface area contributed by atoms with Crippen LogP contribution in [0.25, 0.3) is 11.1 Å². The van der Waals surface area contributed by atoms with Gasteiger partial charge in [0.1, 0.15) is 29.5 Å². The fourth-order valence-corrected chi connectivity index (χ4v) is 9.55. The molecular weight excluding hydrogens is 588 g/mol. The van der Waals surface area contributed by atoms with E-state index in [0.29, 0.717) is 17.8 Å². The maximum absolute atomic E-state index is 6.60. The highest BCUT2D eigenvalue weighted by Gasteiger charge is 2.45. The van der Waals surface area contributed by atoms with Gasteiger partial charge in [-0.25, -0.2) is 4.99 Å². The number of allylic oxidation sites excluding steroid dienone is 13. The van der Waals surface area contributed by atoms with Crippen LogP contribution in [0.2, 0.25) is 0 Å². The molecule has 3 aliphatic heterocycles. The summed E-state index contributed by atoms with van der Waals surface area (Å²) in [6.45, 7) is 0. The second kappa shape index (κ2) is 10.3. The van der Waals surface area contributed by atoms with Gasteiger partial charge in [0, 0.05) is 34.8 Å². The summed E-state index contributed by atoms with van der Waals surface area (Å²) in [4.78, 5) is 10.6. The summed E-state index contributed by atoms with van der Waals surface area (Å²) in [5.74, 6) is 4.14. The Balaban J connectivity index is 0.878. The third kappa shape index (κ3) is 3.89. The molecule has 0 spiro atoms. The summed E-state index contributed by atoms with van der Waals surface area (Å²) < 4.78 is 13.1. The van der Waals surface area contributed by atoms with Gasteiger partial charge in [-0.2, -0.15) is 0 Å². The molecule has 0 aromatic heterocycles. The van der Waals surface area contributed by atoms with E-state index >= 15 is 0 Å². The van der Waals surface area contributed by atoms with Crippen LogP contribution < -0.4 is 4.74 Å². The van der Waals surface area contributed by atoms with Gasteiger partial charge >= 0.3 is 0 Å². The quantitative estimate of drug-likeness (QED) is 0.342. The van der Waals surface area contributed by atoms with Gasteiger partial charge in [-0.15, -0.1) is 0 Å². The van der Waals surface area contributed by atoms with Crippen LogP contribution in [0.1, 0.15) is 60.5 Å². The minimum absolute atomic E-state index is 0.0190. The predicted octanol–water partition coefficient (Wildman–Crippen LogP) is 9.38. The molecule has 0 saturated heterocycles. The minimum Gasteiger partial charge on any atom is -0.485 e. The lowest BCUT2D eigenvalue weighted by Crippen LogP contribution is -2.43. The van der Waals surface area contributed by atoms with Crippen LogP contribution in [0.5, 0.6) is 5.75 Å². The number of fused-ring (bicyclic) bond motifs is 8. The van der Waals surface area contributed by atoms with E-state index < -0.39 is 0 Å². The van der Waals surface area contributed by atoms with E-state index in [9.17, 15) is 0 Å². The standard InChI is InChI=1S/C44H36N2O2/c1-2-9-26(10-3-1)40-43-41(32-12-5-7-16-38(32)48-43)46-44(45-40)27-19-17-25(18-20-27)28-21-22-29-31-13-8-14-33-39(31)35(34(29)23-28)24-36-30-11-4-6-15-37(30)47-42(33)36/h1-3,5-9,12-19,21-22,24,26-28,36,40,42-43H,4,10-11,20,23H2. The maximum Gasteiger partial charge on any atom is 0.164 e. The number of hydrogen-bond donors (Lipinski definition) is 0. The Morgan fingerprint density at radius 1 is 0.792 bits per heavy atom. The zero-order valence-electron chi connectivity index (χ0n) is 26.8. The van der Waals surface area contributed by atoms with Gasteiger partial charge in [-0.05, 0) is 89.3 Å². The second-order valence-electron chi connectivity index (χ2n) is 14.4. The van der Waals surface area contributed by atoms with Crippen LogP contribution in [0.4, 0.5) is 0 Å². The Morgan fingerprint density at radius 2 is 1.73 bits per heavy atom. The van der Waals surface area contributed by atoms with E-state index in [1.165, 1.54) is 44.6 Å². The topological polar surface area (TPSA) is 43.2 Å². The normalized spacial score (nSPS) is 32.6. The van der Waals surface area contributed by atoms with Crippen LogP contribution in [0.15, 0.2) is 148 Å². The van der Waals surface area contributed by atoms with E-state index in [1.54, 1.807) is 0 Å². The van der Waals surface area contributed by atoms with Crippen molar-refractivity contribution in [1.29, 1.82) is 0 Å². The molecule has 11 rings (SSSR count). The highest BCUT2D eigenvalue weighted by atomic mass is 16.5. The molecular formula is C44H36N2O2. The molecule has 0 N–H and O–H groups in total. The van der Waals surface area contributed by atoms with Crippen LogP contribution in [-0.2, 0) is 4.74 Å². The first-order valence-corrected chi connectivity index (χ1v) is 17.8. The van der Waals surface area contributed by atoms with Crippen molar-refractivity contribution in [3.05, 3.63) is 160 Å². The number of benzene rings is 2. The van der Waals surface area contributed by atoms with Crippen molar-refractivity contribution >= 4 is 22.7 Å². The van der Waals surface area contributed by atoms with Crippen molar-refractivity contribution in [2.24, 2.45) is 33.7 Å². The summed E-state index contributed by atoms with van der Waals surface area (Å²) in [5, 5.41) is 0. The molecule has 3 heterocycles. The average molecular weight is 625 g/mol. The maximum atomic E-state index is 6.60. The zero-order chi connectivity index (χ0) is 31.3. The molecule has 0 fully saturated rings.